The first-order chi connectivity index (χ1) is 13.6. The summed E-state index contributed by atoms with van der Waals surface area (Å²) in [6.07, 6.45) is 4.86. The third-order valence-electron chi connectivity index (χ3n) is 4.73. The zero-order chi connectivity index (χ0) is 19.8. The average molecular weight is 406 g/mol. The van der Waals surface area contributed by atoms with Crippen molar-refractivity contribution in [2.75, 3.05) is 20.2 Å². The van der Waals surface area contributed by atoms with E-state index in [4.69, 9.17) is 25.8 Å². The first-order valence-corrected chi connectivity index (χ1v) is 9.64. The molecule has 1 aliphatic rings. The quantitative estimate of drug-likeness (QED) is 0.513. The molecule has 1 aliphatic heterocycles. The molecular weight excluding hydrogens is 382 g/mol. The lowest BCUT2D eigenvalue weighted by molar-refractivity contribution is -0.0719. The molecule has 1 aromatic heterocycles. The third-order valence-corrected chi connectivity index (χ3v) is 4.93. The molecule has 1 aromatic carbocycles. The van der Waals surface area contributed by atoms with Crippen LogP contribution in [0.5, 0.6) is 5.75 Å². The van der Waals surface area contributed by atoms with Crippen molar-refractivity contribution in [3.8, 4) is 5.75 Å². The van der Waals surface area contributed by atoms with Crippen LogP contribution in [0.25, 0.3) is 0 Å². The smallest absolute Gasteiger partial charge is 0.410 e. The molecular formula is C20H24ClN3O4. The Hall–Kier alpha value is -2.38. The lowest BCUT2D eigenvalue weighted by Crippen LogP contribution is -2.39. The average Bonchev–Trinajstić information content (AvgIpc) is 2.74. The number of likely N-dealkylation sites (tertiary alicyclic amines) is 1. The van der Waals surface area contributed by atoms with E-state index in [2.05, 4.69) is 9.97 Å². The van der Waals surface area contributed by atoms with E-state index in [0.717, 1.165) is 24.8 Å². The highest BCUT2D eigenvalue weighted by molar-refractivity contribution is 6.28. The Balaban J connectivity index is 1.41. The van der Waals surface area contributed by atoms with Crippen molar-refractivity contribution in [1.29, 1.82) is 0 Å². The lowest BCUT2D eigenvalue weighted by Gasteiger charge is -2.32. The van der Waals surface area contributed by atoms with Gasteiger partial charge in [-0.25, -0.2) is 14.8 Å². The SMILES string of the molecule is COC(CC1CCN(C(=O)OCc2ccccc2)CC1)Oc1cnc(Cl)nc1. The topological polar surface area (TPSA) is 73.8 Å². The minimum atomic E-state index is -0.397. The number of carbonyl (C=O) groups is 1. The van der Waals surface area contributed by atoms with Crippen LogP contribution in [0.1, 0.15) is 24.8 Å². The molecule has 1 fully saturated rings. The highest BCUT2D eigenvalue weighted by atomic mass is 35.5. The fourth-order valence-electron chi connectivity index (χ4n) is 3.14. The number of aromatic nitrogens is 2. The summed E-state index contributed by atoms with van der Waals surface area (Å²) in [5, 5.41) is 0.174. The van der Waals surface area contributed by atoms with Crippen LogP contribution in [0.4, 0.5) is 4.79 Å². The monoisotopic (exact) mass is 405 g/mol. The Morgan fingerprint density at radius 2 is 1.89 bits per heavy atom. The molecule has 1 saturated heterocycles. The van der Waals surface area contributed by atoms with Crippen LogP contribution in [-0.2, 0) is 16.1 Å². The number of carbonyl (C=O) groups excluding carboxylic acids is 1. The van der Waals surface area contributed by atoms with Crippen molar-refractivity contribution in [3.05, 3.63) is 53.6 Å². The molecule has 2 aromatic rings. The lowest BCUT2D eigenvalue weighted by atomic mass is 9.93. The molecule has 8 heteroatoms. The number of amides is 1. The van der Waals surface area contributed by atoms with Crippen LogP contribution in [0, 0.1) is 5.92 Å². The van der Waals surface area contributed by atoms with E-state index in [1.807, 2.05) is 30.3 Å². The maximum atomic E-state index is 12.3. The van der Waals surface area contributed by atoms with Gasteiger partial charge in [-0.1, -0.05) is 30.3 Å². The summed E-state index contributed by atoms with van der Waals surface area (Å²) in [6.45, 7) is 1.62. The van der Waals surface area contributed by atoms with Gasteiger partial charge in [-0.2, -0.15) is 0 Å². The van der Waals surface area contributed by atoms with Crippen molar-refractivity contribution < 1.29 is 19.0 Å². The van der Waals surface area contributed by atoms with Gasteiger partial charge in [0.2, 0.25) is 5.28 Å². The van der Waals surface area contributed by atoms with Gasteiger partial charge in [-0.3, -0.25) is 0 Å². The van der Waals surface area contributed by atoms with Crippen molar-refractivity contribution in [2.24, 2.45) is 5.92 Å². The summed E-state index contributed by atoms with van der Waals surface area (Å²) in [7, 11) is 1.61. The molecule has 28 heavy (non-hydrogen) atoms. The second-order valence-corrected chi connectivity index (χ2v) is 7.02. The number of hydrogen-bond donors (Lipinski definition) is 0. The number of hydrogen-bond acceptors (Lipinski definition) is 6. The molecule has 0 saturated carbocycles. The zero-order valence-electron chi connectivity index (χ0n) is 15.8. The maximum absolute atomic E-state index is 12.3. The van der Waals surface area contributed by atoms with E-state index >= 15 is 0 Å². The van der Waals surface area contributed by atoms with Crippen LogP contribution in [-0.4, -0.2) is 47.5 Å². The number of piperidine rings is 1. The summed E-state index contributed by atoms with van der Waals surface area (Å²) < 4.78 is 16.6. The second-order valence-electron chi connectivity index (χ2n) is 6.68. The van der Waals surface area contributed by atoms with Crippen molar-refractivity contribution >= 4 is 17.7 Å². The Labute approximate surface area is 169 Å². The van der Waals surface area contributed by atoms with Crippen LogP contribution < -0.4 is 4.74 Å². The van der Waals surface area contributed by atoms with Gasteiger partial charge in [0.1, 0.15) is 6.61 Å². The van der Waals surface area contributed by atoms with Crippen molar-refractivity contribution in [3.63, 3.8) is 0 Å². The fourth-order valence-corrected chi connectivity index (χ4v) is 3.24. The maximum Gasteiger partial charge on any atom is 0.410 e. The molecule has 0 radical (unpaired) electrons. The minimum absolute atomic E-state index is 0.174. The van der Waals surface area contributed by atoms with Gasteiger partial charge in [0.25, 0.3) is 0 Å². The number of nitrogens with zero attached hydrogens (tertiary/aromatic N) is 3. The highest BCUT2D eigenvalue weighted by Gasteiger charge is 2.26. The summed E-state index contributed by atoms with van der Waals surface area (Å²) in [5.41, 5.74) is 0.983. The molecule has 150 valence electrons. The summed E-state index contributed by atoms with van der Waals surface area (Å²) in [4.78, 5) is 21.8. The van der Waals surface area contributed by atoms with E-state index in [9.17, 15) is 4.79 Å². The van der Waals surface area contributed by atoms with Crippen molar-refractivity contribution in [2.45, 2.75) is 32.2 Å². The minimum Gasteiger partial charge on any atom is -0.462 e. The fraction of sp³-hybridized carbons (Fsp3) is 0.450. The predicted molar refractivity (Wildman–Crippen MR) is 104 cm³/mol. The van der Waals surface area contributed by atoms with Crippen LogP contribution in [0.15, 0.2) is 42.7 Å². The largest absolute Gasteiger partial charge is 0.462 e. The molecule has 0 aliphatic carbocycles. The highest BCUT2D eigenvalue weighted by Crippen LogP contribution is 2.25. The van der Waals surface area contributed by atoms with Gasteiger partial charge in [0, 0.05) is 26.6 Å². The zero-order valence-corrected chi connectivity index (χ0v) is 16.5. The van der Waals surface area contributed by atoms with Gasteiger partial charge in [0.15, 0.2) is 12.0 Å². The Morgan fingerprint density at radius 3 is 2.54 bits per heavy atom. The van der Waals surface area contributed by atoms with E-state index < -0.39 is 6.29 Å². The van der Waals surface area contributed by atoms with Crippen LogP contribution in [0.2, 0.25) is 5.28 Å². The van der Waals surface area contributed by atoms with Gasteiger partial charge < -0.3 is 19.1 Å². The molecule has 0 N–H and O–H groups in total. The number of halogens is 1. The van der Waals surface area contributed by atoms with E-state index in [1.165, 1.54) is 12.4 Å². The number of benzene rings is 1. The molecule has 1 atom stereocenters. The summed E-state index contributed by atoms with van der Waals surface area (Å²) in [6, 6.07) is 9.68. The van der Waals surface area contributed by atoms with Crippen LogP contribution in [0.3, 0.4) is 0 Å². The molecule has 0 spiro atoms. The Bertz CT molecular complexity index is 737. The van der Waals surface area contributed by atoms with Gasteiger partial charge >= 0.3 is 6.09 Å². The number of methoxy groups -OCH3 is 1. The molecule has 1 amide bonds. The Kier molecular flexibility index (Phi) is 7.45. The molecule has 2 heterocycles. The second kappa shape index (κ2) is 10.2. The van der Waals surface area contributed by atoms with Crippen LogP contribution >= 0.6 is 11.6 Å². The summed E-state index contributed by atoms with van der Waals surface area (Å²) in [5.74, 6) is 0.912. The van der Waals surface area contributed by atoms with E-state index in [0.29, 0.717) is 31.4 Å². The third kappa shape index (κ3) is 6.07. The standard InChI is InChI=1S/C20H24ClN3O4/c1-26-18(28-17-12-22-19(21)23-13-17)11-15-7-9-24(10-8-15)20(25)27-14-16-5-3-2-4-6-16/h2-6,12-13,15,18H,7-11,14H2,1H3. The molecule has 1 unspecified atom stereocenters. The first-order valence-electron chi connectivity index (χ1n) is 9.26. The van der Waals surface area contributed by atoms with Gasteiger partial charge in [-0.15, -0.1) is 0 Å². The molecule has 3 rings (SSSR count). The Morgan fingerprint density at radius 1 is 1.21 bits per heavy atom. The normalized spacial score (nSPS) is 15.9. The molecule has 7 nitrogen and oxygen atoms in total. The predicted octanol–water partition coefficient (Wildman–Crippen LogP) is 3.92. The first kappa shape index (κ1) is 20.4. The van der Waals surface area contributed by atoms with Gasteiger partial charge in [-0.05, 0) is 35.9 Å². The van der Waals surface area contributed by atoms with Crippen molar-refractivity contribution in [1.82, 2.24) is 14.9 Å². The number of rotatable bonds is 7. The number of ether oxygens (including phenoxy) is 3. The van der Waals surface area contributed by atoms with E-state index in [1.54, 1.807) is 12.0 Å². The summed E-state index contributed by atoms with van der Waals surface area (Å²) >= 11 is 5.68. The van der Waals surface area contributed by atoms with E-state index in [-0.39, 0.29) is 11.4 Å². The van der Waals surface area contributed by atoms with Gasteiger partial charge in [0.05, 0.1) is 12.4 Å². The molecule has 0 bridgehead atoms.